The van der Waals surface area contributed by atoms with E-state index in [9.17, 15) is 9.90 Å². The number of aliphatic hydroxyl groups excluding tert-OH is 1. The second-order valence-electron chi connectivity index (χ2n) is 11.6. The SMILES string of the molecule is COc1cc(C(O)NC2CCN(C)CC2)ccc1Nc1ncc2c(n1)N(C1CCCCC1)CC(C)(F)C(=O)N2C. The third kappa shape index (κ3) is 6.01. The standard InChI is InChI=1S/C29H42FN7O3/c1-29(30)18-37(21-8-6-5-7-9-21)25-23(36(3)27(29)39)17-31-28(34-25)33-22-11-10-19(16-24(22)40-4)26(38)32-20-12-14-35(2)15-13-20/h10-11,16-17,20-21,26,32,38H,5-9,12-15,18H2,1-4H3,(H,31,33,34). The Bertz CT molecular complexity index is 1200. The molecule has 1 amide bonds. The van der Waals surface area contributed by atoms with Crippen molar-refractivity contribution >= 4 is 29.0 Å². The number of likely N-dealkylation sites (tertiary alicyclic amines) is 1. The maximum Gasteiger partial charge on any atom is 0.266 e. The summed E-state index contributed by atoms with van der Waals surface area (Å²) in [6.07, 6.45) is 7.91. The summed E-state index contributed by atoms with van der Waals surface area (Å²) in [7, 11) is 5.26. The number of anilines is 4. The van der Waals surface area contributed by atoms with Crippen molar-refractivity contribution < 1.29 is 19.0 Å². The summed E-state index contributed by atoms with van der Waals surface area (Å²) in [5, 5.41) is 17.4. The molecule has 1 aliphatic carbocycles. The van der Waals surface area contributed by atoms with Crippen LogP contribution in [0.4, 0.5) is 27.5 Å². The van der Waals surface area contributed by atoms with E-state index in [1.165, 1.54) is 11.8 Å². The zero-order chi connectivity index (χ0) is 28.4. The Morgan fingerprint density at radius 1 is 1.15 bits per heavy atom. The molecule has 1 aromatic carbocycles. The van der Waals surface area contributed by atoms with E-state index in [1.54, 1.807) is 26.4 Å². The number of benzene rings is 1. The second kappa shape index (κ2) is 11.8. The van der Waals surface area contributed by atoms with Crippen molar-refractivity contribution in [1.82, 2.24) is 20.2 Å². The largest absolute Gasteiger partial charge is 0.495 e. The molecule has 2 unspecified atom stereocenters. The van der Waals surface area contributed by atoms with E-state index < -0.39 is 17.8 Å². The van der Waals surface area contributed by atoms with Crippen molar-refractivity contribution in [1.29, 1.82) is 0 Å². The van der Waals surface area contributed by atoms with E-state index in [4.69, 9.17) is 9.72 Å². The van der Waals surface area contributed by atoms with Gasteiger partial charge >= 0.3 is 0 Å². The zero-order valence-corrected chi connectivity index (χ0v) is 24.0. The van der Waals surface area contributed by atoms with Gasteiger partial charge in [0.15, 0.2) is 5.82 Å². The monoisotopic (exact) mass is 555 g/mol. The van der Waals surface area contributed by atoms with Crippen molar-refractivity contribution in [3.63, 3.8) is 0 Å². The maximum absolute atomic E-state index is 15.6. The van der Waals surface area contributed by atoms with Crippen LogP contribution in [-0.4, -0.2) is 84.5 Å². The normalized spacial score (nSPS) is 24.0. The summed E-state index contributed by atoms with van der Waals surface area (Å²) in [6.45, 7) is 3.31. The van der Waals surface area contributed by atoms with Gasteiger partial charge in [0.05, 0.1) is 25.5 Å². The number of aliphatic hydroxyl groups is 1. The highest BCUT2D eigenvalue weighted by atomic mass is 19.1. The number of hydrogen-bond donors (Lipinski definition) is 3. The van der Waals surface area contributed by atoms with Crippen LogP contribution in [0.2, 0.25) is 0 Å². The summed E-state index contributed by atoms with van der Waals surface area (Å²) in [5.74, 6) is 0.808. The molecule has 218 valence electrons. The number of fused-ring (bicyclic) bond motifs is 1. The number of halogens is 1. The molecule has 40 heavy (non-hydrogen) atoms. The molecule has 0 radical (unpaired) electrons. The lowest BCUT2D eigenvalue weighted by Crippen LogP contribution is -2.50. The molecule has 1 saturated heterocycles. The first kappa shape index (κ1) is 28.5. The number of carbonyl (C=O) groups is 1. The van der Waals surface area contributed by atoms with Crippen LogP contribution in [0.25, 0.3) is 0 Å². The molecular formula is C29H42FN7O3. The third-order valence-electron chi connectivity index (χ3n) is 8.52. The van der Waals surface area contributed by atoms with Crippen molar-refractivity contribution in [2.45, 2.75) is 75.8 Å². The molecule has 2 aliphatic heterocycles. The minimum atomic E-state index is -2.04. The Labute approximate surface area is 235 Å². The van der Waals surface area contributed by atoms with Crippen LogP contribution in [0.3, 0.4) is 0 Å². The summed E-state index contributed by atoms with van der Waals surface area (Å²) in [4.78, 5) is 27.8. The van der Waals surface area contributed by atoms with Crippen LogP contribution in [-0.2, 0) is 4.79 Å². The number of hydrogen-bond acceptors (Lipinski definition) is 9. The van der Waals surface area contributed by atoms with Gasteiger partial charge in [0.1, 0.15) is 17.7 Å². The molecule has 10 nitrogen and oxygen atoms in total. The number of nitrogens with one attached hydrogen (secondary N) is 2. The Morgan fingerprint density at radius 3 is 2.58 bits per heavy atom. The fourth-order valence-electron chi connectivity index (χ4n) is 6.09. The Kier molecular flexibility index (Phi) is 8.44. The molecule has 2 aromatic rings. The molecule has 3 N–H and O–H groups in total. The van der Waals surface area contributed by atoms with E-state index in [0.717, 1.165) is 58.0 Å². The fraction of sp³-hybridized carbons (Fsp3) is 0.621. The lowest BCUT2D eigenvalue weighted by Gasteiger charge is -2.36. The predicted octanol–water partition coefficient (Wildman–Crippen LogP) is 3.75. The molecule has 2 atom stereocenters. The second-order valence-corrected chi connectivity index (χ2v) is 11.6. The lowest BCUT2D eigenvalue weighted by molar-refractivity contribution is -0.128. The summed E-state index contributed by atoms with van der Waals surface area (Å²) in [5.41, 5.74) is -0.208. The molecule has 5 rings (SSSR count). The van der Waals surface area contributed by atoms with Gasteiger partial charge in [-0.2, -0.15) is 4.98 Å². The number of carbonyl (C=O) groups excluding carboxylic acids is 1. The predicted molar refractivity (Wildman–Crippen MR) is 154 cm³/mol. The fourth-order valence-corrected chi connectivity index (χ4v) is 6.09. The third-order valence-corrected chi connectivity index (χ3v) is 8.52. The summed E-state index contributed by atoms with van der Waals surface area (Å²) < 4.78 is 21.3. The average Bonchev–Trinajstić information content (AvgIpc) is 3.03. The van der Waals surface area contributed by atoms with Gasteiger partial charge in [0.2, 0.25) is 11.6 Å². The molecule has 3 aliphatic rings. The summed E-state index contributed by atoms with van der Waals surface area (Å²) in [6, 6.07) is 5.84. The summed E-state index contributed by atoms with van der Waals surface area (Å²) >= 11 is 0. The van der Waals surface area contributed by atoms with Gasteiger partial charge < -0.3 is 29.9 Å². The molecule has 0 bridgehead atoms. The molecule has 2 fully saturated rings. The smallest absolute Gasteiger partial charge is 0.266 e. The van der Waals surface area contributed by atoms with Crippen molar-refractivity contribution in [2.75, 3.05) is 56.0 Å². The number of amides is 1. The highest BCUT2D eigenvalue weighted by molar-refractivity contribution is 6.02. The number of rotatable bonds is 7. The molecular weight excluding hydrogens is 513 g/mol. The minimum absolute atomic E-state index is 0.0511. The molecule has 11 heteroatoms. The Hall–Kier alpha value is -3.02. The van der Waals surface area contributed by atoms with E-state index in [2.05, 4.69) is 27.6 Å². The van der Waals surface area contributed by atoms with Crippen LogP contribution >= 0.6 is 0 Å². The number of alkyl halides is 1. The first-order chi connectivity index (χ1) is 19.2. The van der Waals surface area contributed by atoms with E-state index in [0.29, 0.717) is 34.5 Å². The molecule has 3 heterocycles. The van der Waals surface area contributed by atoms with Gasteiger partial charge in [-0.15, -0.1) is 0 Å². The van der Waals surface area contributed by atoms with Gasteiger partial charge in [-0.3, -0.25) is 10.1 Å². The van der Waals surface area contributed by atoms with Crippen LogP contribution < -0.4 is 25.2 Å². The lowest BCUT2D eigenvalue weighted by atomic mass is 9.93. The van der Waals surface area contributed by atoms with Crippen LogP contribution in [0.1, 0.15) is 63.7 Å². The number of ether oxygens (including phenoxy) is 1. The number of piperidine rings is 1. The minimum Gasteiger partial charge on any atom is -0.495 e. The quantitative estimate of drug-likeness (QED) is 0.441. The number of aromatic nitrogens is 2. The van der Waals surface area contributed by atoms with Crippen molar-refractivity contribution in [3.8, 4) is 5.75 Å². The first-order valence-electron chi connectivity index (χ1n) is 14.3. The van der Waals surface area contributed by atoms with Gasteiger partial charge in [-0.05, 0) is 70.4 Å². The molecule has 0 spiro atoms. The van der Waals surface area contributed by atoms with Gasteiger partial charge in [-0.25, -0.2) is 9.37 Å². The van der Waals surface area contributed by atoms with E-state index >= 15 is 4.39 Å². The Morgan fingerprint density at radius 2 is 1.88 bits per heavy atom. The van der Waals surface area contributed by atoms with Gasteiger partial charge in [-0.1, -0.05) is 25.3 Å². The number of nitrogens with zero attached hydrogens (tertiary/aromatic N) is 5. The molecule has 1 saturated carbocycles. The topological polar surface area (TPSA) is 106 Å². The van der Waals surface area contributed by atoms with Gasteiger partial charge in [0, 0.05) is 19.1 Å². The van der Waals surface area contributed by atoms with E-state index in [-0.39, 0.29) is 18.6 Å². The highest BCUT2D eigenvalue weighted by Gasteiger charge is 2.44. The number of methoxy groups -OCH3 is 1. The van der Waals surface area contributed by atoms with Crippen LogP contribution in [0.15, 0.2) is 24.4 Å². The van der Waals surface area contributed by atoms with Crippen LogP contribution in [0, 0.1) is 0 Å². The average molecular weight is 556 g/mol. The Balaban J connectivity index is 1.39. The van der Waals surface area contributed by atoms with Crippen molar-refractivity contribution in [2.24, 2.45) is 0 Å². The van der Waals surface area contributed by atoms with E-state index in [1.807, 2.05) is 17.0 Å². The van der Waals surface area contributed by atoms with Crippen molar-refractivity contribution in [3.05, 3.63) is 30.0 Å². The molecule has 1 aromatic heterocycles. The van der Waals surface area contributed by atoms with Gasteiger partial charge in [0.25, 0.3) is 5.91 Å². The maximum atomic E-state index is 15.6. The van der Waals surface area contributed by atoms with Crippen LogP contribution in [0.5, 0.6) is 5.75 Å². The first-order valence-corrected chi connectivity index (χ1v) is 14.3. The zero-order valence-electron chi connectivity index (χ0n) is 24.0. The highest BCUT2D eigenvalue weighted by Crippen LogP contribution is 2.39.